The highest BCUT2D eigenvalue weighted by atomic mass is 32.2. The molecule has 2 N–H and O–H groups in total. The molecule has 138 valence electrons. The Bertz CT molecular complexity index is 1250. The van der Waals surface area contributed by atoms with E-state index in [0.717, 1.165) is 22.7 Å². The molecule has 2 aromatic carbocycles. The van der Waals surface area contributed by atoms with Crippen LogP contribution < -0.4 is 0 Å². The molecule has 0 radical (unpaired) electrons. The van der Waals surface area contributed by atoms with Crippen LogP contribution in [0.3, 0.4) is 0 Å². The number of nitro groups is 1. The van der Waals surface area contributed by atoms with Crippen molar-refractivity contribution >= 4 is 51.6 Å². The van der Waals surface area contributed by atoms with Crippen LogP contribution >= 0.6 is 11.8 Å². The Morgan fingerprint density at radius 1 is 1.14 bits per heavy atom. The number of hydrogen-bond acceptors (Lipinski definition) is 7. The van der Waals surface area contributed by atoms with Crippen LogP contribution in [0.15, 0.2) is 58.6 Å². The summed E-state index contributed by atoms with van der Waals surface area (Å²) in [7, 11) is 0. The third-order valence-corrected chi connectivity index (χ3v) is 4.78. The minimum atomic E-state index is -1.16. The molecule has 2 aromatic heterocycles. The van der Waals surface area contributed by atoms with Gasteiger partial charge in [-0.05, 0) is 41.6 Å². The van der Waals surface area contributed by atoms with Crippen molar-refractivity contribution < 1.29 is 14.8 Å². The summed E-state index contributed by atoms with van der Waals surface area (Å²) in [5.41, 5.74) is 2.42. The average Bonchev–Trinajstić information content (AvgIpc) is 3.05. The molecule has 0 aliphatic carbocycles. The molecule has 0 bridgehead atoms. The number of hydrogen-bond donors (Lipinski definition) is 2. The van der Waals surface area contributed by atoms with Crippen LogP contribution in [0.4, 0.5) is 5.69 Å². The first kappa shape index (κ1) is 17.6. The lowest BCUT2D eigenvalue weighted by Crippen LogP contribution is -1.99. The van der Waals surface area contributed by atoms with Gasteiger partial charge in [-0.1, -0.05) is 18.2 Å². The van der Waals surface area contributed by atoms with E-state index in [1.165, 1.54) is 30.3 Å². The topological polar surface area (TPSA) is 135 Å². The van der Waals surface area contributed by atoms with E-state index < -0.39 is 10.9 Å². The normalized spacial score (nSPS) is 11.8. The summed E-state index contributed by atoms with van der Waals surface area (Å²) in [6.45, 7) is 0. The molecule has 0 aliphatic rings. The molecule has 4 aromatic rings. The SMILES string of the molecule is O=C(O)/C(=C/c1ccc([N+](=O)[O-])cc1)Sc1nnc2c(n1)[nH]c1ccccc12. The van der Waals surface area contributed by atoms with Crippen molar-refractivity contribution in [3.05, 3.63) is 69.1 Å². The number of H-pyrrole nitrogens is 1. The third-order valence-electron chi connectivity index (χ3n) is 3.92. The number of nitrogens with zero attached hydrogens (tertiary/aromatic N) is 4. The van der Waals surface area contributed by atoms with Gasteiger partial charge in [-0.25, -0.2) is 9.78 Å². The third kappa shape index (κ3) is 3.40. The van der Waals surface area contributed by atoms with Crippen molar-refractivity contribution in [3.63, 3.8) is 0 Å². The van der Waals surface area contributed by atoms with E-state index in [1.54, 1.807) is 0 Å². The minimum Gasteiger partial charge on any atom is -0.477 e. The number of aromatic amines is 1. The summed E-state index contributed by atoms with van der Waals surface area (Å²) in [5.74, 6) is -1.16. The van der Waals surface area contributed by atoms with Crippen LogP contribution in [0.5, 0.6) is 0 Å². The van der Waals surface area contributed by atoms with Crippen LogP contribution in [0.25, 0.3) is 28.1 Å². The van der Waals surface area contributed by atoms with Crippen molar-refractivity contribution in [2.75, 3.05) is 0 Å². The standard InChI is InChI=1S/C18H11N5O4S/c24-17(25)14(9-10-5-7-11(8-6-10)23(26)27)28-18-20-16-15(21-22-18)12-3-1-2-4-13(12)19-16/h1-9H,(H,24,25)(H,19,20,22)/b14-9-. The second-order valence-corrected chi connectivity index (χ2v) is 6.74. The number of fused-ring (bicyclic) bond motifs is 3. The largest absolute Gasteiger partial charge is 0.477 e. The first-order valence-electron chi connectivity index (χ1n) is 8.00. The molecule has 4 rings (SSSR count). The number of nitro benzene ring substituents is 1. The van der Waals surface area contributed by atoms with Crippen LogP contribution in [0, 0.1) is 10.1 Å². The first-order valence-corrected chi connectivity index (χ1v) is 8.81. The number of non-ortho nitro benzene ring substituents is 1. The molecule has 9 nitrogen and oxygen atoms in total. The zero-order valence-corrected chi connectivity index (χ0v) is 14.9. The van der Waals surface area contributed by atoms with Crippen LogP contribution in [0.1, 0.15) is 5.56 Å². The monoisotopic (exact) mass is 393 g/mol. The number of aromatic nitrogens is 4. The summed E-state index contributed by atoms with van der Waals surface area (Å²) in [5, 5.41) is 29.4. The lowest BCUT2D eigenvalue weighted by molar-refractivity contribution is -0.384. The van der Waals surface area contributed by atoms with Gasteiger partial charge in [0.1, 0.15) is 10.4 Å². The van der Waals surface area contributed by atoms with Crippen LogP contribution in [0.2, 0.25) is 0 Å². The Kier molecular flexibility index (Phi) is 4.45. The van der Waals surface area contributed by atoms with Gasteiger partial charge in [0.25, 0.3) is 5.69 Å². The number of carboxylic acids is 1. The number of benzene rings is 2. The predicted octanol–water partition coefficient (Wildman–Crippen LogP) is 3.63. The van der Waals surface area contributed by atoms with Gasteiger partial charge in [0.2, 0.25) is 5.16 Å². The summed E-state index contributed by atoms with van der Waals surface area (Å²) in [6.07, 6.45) is 1.40. The zero-order chi connectivity index (χ0) is 19.7. The number of nitrogens with one attached hydrogen (secondary N) is 1. The molecule has 28 heavy (non-hydrogen) atoms. The van der Waals surface area contributed by atoms with Crippen LogP contribution in [-0.2, 0) is 4.79 Å². The highest BCUT2D eigenvalue weighted by Crippen LogP contribution is 2.28. The number of rotatable bonds is 5. The van der Waals surface area contributed by atoms with Crippen molar-refractivity contribution in [1.29, 1.82) is 0 Å². The van der Waals surface area contributed by atoms with E-state index in [4.69, 9.17) is 0 Å². The Morgan fingerprint density at radius 2 is 1.89 bits per heavy atom. The van der Waals surface area contributed by atoms with E-state index in [2.05, 4.69) is 20.2 Å². The second kappa shape index (κ2) is 7.08. The number of para-hydroxylation sites is 1. The fourth-order valence-electron chi connectivity index (χ4n) is 2.63. The fourth-order valence-corrected chi connectivity index (χ4v) is 3.32. The van der Waals surface area contributed by atoms with E-state index >= 15 is 0 Å². The zero-order valence-electron chi connectivity index (χ0n) is 14.1. The quantitative estimate of drug-likeness (QED) is 0.227. The Hall–Kier alpha value is -3.79. The number of aliphatic carboxylic acids is 1. The van der Waals surface area contributed by atoms with Crippen molar-refractivity contribution in [2.24, 2.45) is 0 Å². The molecule has 0 saturated heterocycles. The lowest BCUT2D eigenvalue weighted by atomic mass is 10.2. The molecule has 0 fully saturated rings. The number of carbonyl (C=O) groups is 1. The van der Waals surface area contributed by atoms with Gasteiger partial charge >= 0.3 is 5.97 Å². The summed E-state index contributed by atoms with van der Waals surface area (Å²) in [6, 6.07) is 13.1. The van der Waals surface area contributed by atoms with Gasteiger partial charge < -0.3 is 10.1 Å². The molecule has 0 spiro atoms. The van der Waals surface area contributed by atoms with Crippen molar-refractivity contribution in [1.82, 2.24) is 20.2 Å². The molecular weight excluding hydrogens is 382 g/mol. The maximum Gasteiger partial charge on any atom is 0.342 e. The van der Waals surface area contributed by atoms with E-state index in [-0.39, 0.29) is 15.7 Å². The summed E-state index contributed by atoms with van der Waals surface area (Å²) >= 11 is 0.850. The number of carboxylic acid groups (broad SMARTS) is 1. The maximum atomic E-state index is 11.6. The molecule has 0 amide bonds. The van der Waals surface area contributed by atoms with E-state index in [1.807, 2.05) is 24.3 Å². The Labute approximate surface area is 161 Å². The molecule has 0 saturated carbocycles. The van der Waals surface area contributed by atoms with E-state index in [0.29, 0.717) is 16.7 Å². The highest BCUT2D eigenvalue weighted by molar-refractivity contribution is 8.04. The summed E-state index contributed by atoms with van der Waals surface area (Å²) < 4.78 is 0. The Morgan fingerprint density at radius 3 is 2.61 bits per heavy atom. The molecular formula is C18H11N5O4S. The lowest BCUT2D eigenvalue weighted by Gasteiger charge is -2.01. The summed E-state index contributed by atoms with van der Waals surface area (Å²) in [4.78, 5) is 29.3. The molecule has 0 atom stereocenters. The van der Waals surface area contributed by atoms with Gasteiger partial charge in [-0.3, -0.25) is 10.1 Å². The molecule has 2 heterocycles. The Balaban J connectivity index is 1.66. The first-order chi connectivity index (χ1) is 13.5. The predicted molar refractivity (Wildman–Crippen MR) is 104 cm³/mol. The fraction of sp³-hybridized carbons (Fsp3) is 0. The minimum absolute atomic E-state index is 0.0360. The molecule has 10 heteroatoms. The van der Waals surface area contributed by atoms with Gasteiger partial charge in [0.05, 0.1) is 4.92 Å². The van der Waals surface area contributed by atoms with E-state index in [9.17, 15) is 20.0 Å². The van der Waals surface area contributed by atoms with Gasteiger partial charge in [0, 0.05) is 23.0 Å². The van der Waals surface area contributed by atoms with Crippen LogP contribution in [-0.4, -0.2) is 36.2 Å². The number of thioether (sulfide) groups is 1. The van der Waals surface area contributed by atoms with Gasteiger partial charge in [-0.2, -0.15) is 0 Å². The van der Waals surface area contributed by atoms with Crippen molar-refractivity contribution in [2.45, 2.75) is 5.16 Å². The maximum absolute atomic E-state index is 11.6. The molecule has 0 aliphatic heterocycles. The second-order valence-electron chi connectivity index (χ2n) is 5.73. The van der Waals surface area contributed by atoms with Gasteiger partial charge in [-0.15, -0.1) is 10.2 Å². The molecule has 0 unspecified atom stereocenters. The highest BCUT2D eigenvalue weighted by Gasteiger charge is 2.15. The smallest absolute Gasteiger partial charge is 0.342 e. The van der Waals surface area contributed by atoms with Gasteiger partial charge in [0.15, 0.2) is 5.65 Å². The average molecular weight is 393 g/mol. The van der Waals surface area contributed by atoms with Crippen molar-refractivity contribution in [3.8, 4) is 0 Å².